The van der Waals surface area contributed by atoms with Gasteiger partial charge in [0.25, 0.3) is 5.91 Å². The highest BCUT2D eigenvalue weighted by Crippen LogP contribution is 2.25. The summed E-state index contributed by atoms with van der Waals surface area (Å²) in [6, 6.07) is 8.18. The Morgan fingerprint density at radius 2 is 2.27 bits per heavy atom. The van der Waals surface area contributed by atoms with Crippen molar-refractivity contribution in [1.29, 1.82) is 0 Å². The number of rotatable bonds is 4. The second kappa shape index (κ2) is 6.75. The molecular formula is C17H22N4O. The molecule has 5 nitrogen and oxygen atoms in total. The van der Waals surface area contributed by atoms with Crippen LogP contribution in [0.5, 0.6) is 0 Å². The van der Waals surface area contributed by atoms with Gasteiger partial charge in [0, 0.05) is 37.0 Å². The van der Waals surface area contributed by atoms with Crippen molar-refractivity contribution in [3.8, 4) is 0 Å². The van der Waals surface area contributed by atoms with Gasteiger partial charge in [-0.1, -0.05) is 24.6 Å². The monoisotopic (exact) mass is 298 g/mol. The summed E-state index contributed by atoms with van der Waals surface area (Å²) < 4.78 is 1.74. The van der Waals surface area contributed by atoms with E-state index in [1.165, 1.54) is 12.8 Å². The third-order valence-corrected chi connectivity index (χ3v) is 4.10. The number of benzene rings is 1. The molecule has 116 valence electrons. The summed E-state index contributed by atoms with van der Waals surface area (Å²) in [7, 11) is 1.87. The zero-order valence-electron chi connectivity index (χ0n) is 12.9. The van der Waals surface area contributed by atoms with E-state index in [0.717, 1.165) is 29.7 Å². The van der Waals surface area contributed by atoms with E-state index in [1.807, 2.05) is 31.4 Å². The number of nitrogens with zero attached hydrogens (tertiary/aromatic N) is 2. The summed E-state index contributed by atoms with van der Waals surface area (Å²) >= 11 is 0. The van der Waals surface area contributed by atoms with Gasteiger partial charge in [-0.2, -0.15) is 5.10 Å². The summed E-state index contributed by atoms with van der Waals surface area (Å²) in [5.74, 6) is -0.0215. The van der Waals surface area contributed by atoms with Crippen molar-refractivity contribution in [2.45, 2.75) is 31.8 Å². The normalized spacial score (nSPS) is 18.1. The van der Waals surface area contributed by atoms with Crippen molar-refractivity contribution in [2.75, 3.05) is 6.54 Å². The number of carbonyl (C=O) groups excluding carboxylic acids is 1. The van der Waals surface area contributed by atoms with Crippen LogP contribution in [-0.2, 0) is 13.6 Å². The highest BCUT2D eigenvalue weighted by Gasteiger charge is 2.20. The van der Waals surface area contributed by atoms with Crippen LogP contribution >= 0.6 is 0 Å². The molecule has 1 aliphatic heterocycles. The quantitative estimate of drug-likeness (QED) is 0.909. The van der Waals surface area contributed by atoms with Crippen molar-refractivity contribution in [1.82, 2.24) is 20.4 Å². The molecule has 1 fully saturated rings. The van der Waals surface area contributed by atoms with Gasteiger partial charge in [0.1, 0.15) is 0 Å². The molecule has 5 heteroatoms. The molecule has 1 saturated heterocycles. The number of piperidine rings is 1. The second-order valence-corrected chi connectivity index (χ2v) is 5.79. The van der Waals surface area contributed by atoms with Gasteiger partial charge in [0.15, 0.2) is 0 Å². The van der Waals surface area contributed by atoms with Crippen LogP contribution in [0.1, 0.15) is 46.8 Å². The highest BCUT2D eigenvalue weighted by molar-refractivity contribution is 5.95. The van der Waals surface area contributed by atoms with E-state index in [1.54, 1.807) is 10.9 Å². The Kier molecular flexibility index (Phi) is 4.53. The molecule has 1 aromatic heterocycles. The molecule has 1 aliphatic rings. The fraction of sp³-hybridized carbons (Fsp3) is 0.412. The molecule has 1 atom stereocenters. The van der Waals surface area contributed by atoms with Gasteiger partial charge >= 0.3 is 0 Å². The van der Waals surface area contributed by atoms with Gasteiger partial charge in [-0.05, 0) is 31.0 Å². The van der Waals surface area contributed by atoms with E-state index >= 15 is 0 Å². The van der Waals surface area contributed by atoms with E-state index in [4.69, 9.17) is 0 Å². The fourth-order valence-corrected chi connectivity index (χ4v) is 2.97. The zero-order valence-corrected chi connectivity index (χ0v) is 12.9. The number of aromatic nitrogens is 2. The van der Waals surface area contributed by atoms with E-state index in [2.05, 4.69) is 21.8 Å². The first kappa shape index (κ1) is 14.8. The molecule has 2 N–H and O–H groups in total. The topological polar surface area (TPSA) is 59.0 Å². The van der Waals surface area contributed by atoms with Gasteiger partial charge in [-0.3, -0.25) is 9.48 Å². The molecule has 0 spiro atoms. The first-order chi connectivity index (χ1) is 10.7. The average Bonchev–Trinajstić information content (AvgIpc) is 2.99. The van der Waals surface area contributed by atoms with Crippen molar-refractivity contribution >= 4 is 5.91 Å². The summed E-state index contributed by atoms with van der Waals surface area (Å²) in [6.45, 7) is 1.52. The van der Waals surface area contributed by atoms with Gasteiger partial charge in [0.05, 0.1) is 6.20 Å². The Hall–Kier alpha value is -2.14. The SMILES string of the molecule is Cn1cc(CNC(=O)c2ccccc2[C@@H]2CCCCN2)cn1. The first-order valence-corrected chi connectivity index (χ1v) is 7.82. The Balaban J connectivity index is 1.71. The van der Waals surface area contributed by atoms with Gasteiger partial charge < -0.3 is 10.6 Å². The van der Waals surface area contributed by atoms with Crippen LogP contribution in [0, 0.1) is 0 Å². The number of hydrogen-bond donors (Lipinski definition) is 2. The number of aryl methyl sites for hydroxylation is 1. The molecule has 0 unspecified atom stereocenters. The molecule has 22 heavy (non-hydrogen) atoms. The molecule has 2 aromatic rings. The van der Waals surface area contributed by atoms with E-state index in [0.29, 0.717) is 6.54 Å². The maximum Gasteiger partial charge on any atom is 0.251 e. The first-order valence-electron chi connectivity index (χ1n) is 7.82. The second-order valence-electron chi connectivity index (χ2n) is 5.79. The van der Waals surface area contributed by atoms with E-state index in [9.17, 15) is 4.79 Å². The Labute approximate surface area is 130 Å². The molecule has 0 radical (unpaired) electrons. The third kappa shape index (κ3) is 3.36. The number of carbonyl (C=O) groups is 1. The predicted molar refractivity (Wildman–Crippen MR) is 85.4 cm³/mol. The predicted octanol–water partition coefficient (Wildman–Crippen LogP) is 2.16. The molecule has 2 heterocycles. The van der Waals surface area contributed by atoms with Crippen LogP contribution in [0.25, 0.3) is 0 Å². The van der Waals surface area contributed by atoms with E-state index in [-0.39, 0.29) is 11.9 Å². The van der Waals surface area contributed by atoms with Crippen LogP contribution in [0.4, 0.5) is 0 Å². The van der Waals surface area contributed by atoms with Gasteiger partial charge in [0.2, 0.25) is 0 Å². The minimum Gasteiger partial charge on any atom is -0.348 e. The minimum atomic E-state index is -0.0215. The van der Waals surface area contributed by atoms with Crippen LogP contribution in [0.3, 0.4) is 0 Å². The summed E-state index contributed by atoms with van der Waals surface area (Å²) in [4.78, 5) is 12.5. The lowest BCUT2D eigenvalue weighted by Crippen LogP contribution is -2.30. The molecule has 1 aromatic carbocycles. The summed E-state index contributed by atoms with van der Waals surface area (Å²) in [5.41, 5.74) is 2.88. The smallest absolute Gasteiger partial charge is 0.251 e. The Morgan fingerprint density at radius 1 is 1.41 bits per heavy atom. The Morgan fingerprint density at radius 3 is 3.00 bits per heavy atom. The molecule has 0 aliphatic carbocycles. The van der Waals surface area contributed by atoms with Crippen molar-refractivity contribution < 1.29 is 4.79 Å². The molecule has 0 bridgehead atoms. The van der Waals surface area contributed by atoms with Gasteiger partial charge in [-0.15, -0.1) is 0 Å². The van der Waals surface area contributed by atoms with Crippen LogP contribution in [0.2, 0.25) is 0 Å². The molecule has 3 rings (SSSR count). The average molecular weight is 298 g/mol. The zero-order chi connectivity index (χ0) is 15.4. The molecule has 0 saturated carbocycles. The lowest BCUT2D eigenvalue weighted by Gasteiger charge is -2.25. The Bertz CT molecular complexity index is 644. The van der Waals surface area contributed by atoms with Crippen LogP contribution in [0.15, 0.2) is 36.7 Å². The molecule has 1 amide bonds. The maximum absolute atomic E-state index is 12.5. The largest absolute Gasteiger partial charge is 0.348 e. The number of hydrogen-bond acceptors (Lipinski definition) is 3. The summed E-state index contributed by atoms with van der Waals surface area (Å²) in [6.07, 6.45) is 7.20. The standard InChI is InChI=1S/C17H22N4O/c1-21-12-13(11-20-21)10-19-17(22)15-7-3-2-6-14(15)16-8-4-5-9-18-16/h2-3,6-7,11-12,16,18H,4-5,8-10H2,1H3,(H,19,22)/t16-/m0/s1. The third-order valence-electron chi connectivity index (χ3n) is 4.10. The lowest BCUT2D eigenvalue weighted by molar-refractivity contribution is 0.0949. The number of nitrogens with one attached hydrogen (secondary N) is 2. The number of amides is 1. The molecular weight excluding hydrogens is 276 g/mol. The van der Waals surface area contributed by atoms with Crippen LogP contribution in [-0.4, -0.2) is 22.2 Å². The van der Waals surface area contributed by atoms with Gasteiger partial charge in [-0.25, -0.2) is 0 Å². The van der Waals surface area contributed by atoms with Crippen molar-refractivity contribution in [3.05, 3.63) is 53.3 Å². The van der Waals surface area contributed by atoms with Crippen molar-refractivity contribution in [2.24, 2.45) is 7.05 Å². The van der Waals surface area contributed by atoms with Crippen molar-refractivity contribution in [3.63, 3.8) is 0 Å². The highest BCUT2D eigenvalue weighted by atomic mass is 16.1. The minimum absolute atomic E-state index is 0.0215. The fourth-order valence-electron chi connectivity index (χ4n) is 2.97. The maximum atomic E-state index is 12.5. The van der Waals surface area contributed by atoms with E-state index < -0.39 is 0 Å². The summed E-state index contributed by atoms with van der Waals surface area (Å²) in [5, 5.41) is 10.6. The van der Waals surface area contributed by atoms with Crippen LogP contribution < -0.4 is 10.6 Å². The lowest BCUT2D eigenvalue weighted by atomic mass is 9.93.